The molecule has 1 unspecified atom stereocenters. The van der Waals surface area contributed by atoms with Gasteiger partial charge in [0, 0.05) is 37.0 Å². The van der Waals surface area contributed by atoms with Gasteiger partial charge in [0.1, 0.15) is 6.04 Å². The fourth-order valence-corrected chi connectivity index (χ4v) is 6.35. The predicted octanol–water partition coefficient (Wildman–Crippen LogP) is 5.43. The molecule has 0 aliphatic heterocycles. The summed E-state index contributed by atoms with van der Waals surface area (Å²) in [5.41, 5.74) is 1.99. The largest absolute Gasteiger partial charge is 0.467 e. The second kappa shape index (κ2) is 19.1. The van der Waals surface area contributed by atoms with Crippen molar-refractivity contribution in [2.24, 2.45) is 5.92 Å². The van der Waals surface area contributed by atoms with E-state index in [0.717, 1.165) is 28.3 Å². The molecule has 0 bridgehead atoms. The minimum Gasteiger partial charge on any atom is -0.467 e. The van der Waals surface area contributed by atoms with E-state index < -0.39 is 16.9 Å². The Bertz CT molecular complexity index is 1450. The van der Waals surface area contributed by atoms with Crippen LogP contribution in [0.3, 0.4) is 0 Å². The maximum absolute atomic E-state index is 13.4. The van der Waals surface area contributed by atoms with Crippen molar-refractivity contribution in [1.82, 2.24) is 15.5 Å². The number of amides is 2. The summed E-state index contributed by atoms with van der Waals surface area (Å²) in [4.78, 5) is 51.4. The summed E-state index contributed by atoms with van der Waals surface area (Å²) in [5.74, 6) is 0.725. The Kier molecular flexibility index (Phi) is 15.3. The first-order valence-electron chi connectivity index (χ1n) is 15.3. The van der Waals surface area contributed by atoms with Gasteiger partial charge in [0.25, 0.3) is 5.69 Å². The van der Waals surface area contributed by atoms with Gasteiger partial charge in [-0.05, 0) is 46.2 Å². The van der Waals surface area contributed by atoms with E-state index in [4.69, 9.17) is 4.74 Å². The number of nitro benzene ring substituents is 1. The first kappa shape index (κ1) is 36.9. The second-order valence-electron chi connectivity index (χ2n) is 11.2. The van der Waals surface area contributed by atoms with Crippen molar-refractivity contribution in [3.05, 3.63) is 88.0 Å². The molecule has 0 aliphatic carbocycles. The maximum Gasteiger partial charge on any atom is 0.328 e. The number of carbonyl (C=O) groups is 3. The van der Waals surface area contributed by atoms with Crippen LogP contribution in [-0.4, -0.2) is 77.7 Å². The van der Waals surface area contributed by atoms with Crippen LogP contribution in [0, 0.1) is 16.0 Å². The lowest BCUT2D eigenvalue weighted by molar-refractivity contribution is -0.384. The molecule has 0 saturated carbocycles. The van der Waals surface area contributed by atoms with E-state index >= 15 is 0 Å². The molecule has 0 aromatic heterocycles. The van der Waals surface area contributed by atoms with Crippen LogP contribution in [0.15, 0.2) is 66.7 Å². The molecule has 3 aromatic carbocycles. The van der Waals surface area contributed by atoms with Crippen molar-refractivity contribution in [2.75, 3.05) is 38.0 Å². The molecule has 0 fully saturated rings. The zero-order valence-corrected chi connectivity index (χ0v) is 28.5. The van der Waals surface area contributed by atoms with Gasteiger partial charge < -0.3 is 15.4 Å². The summed E-state index contributed by atoms with van der Waals surface area (Å²) in [7, 11) is 1.32. The Balaban J connectivity index is 1.74. The van der Waals surface area contributed by atoms with E-state index in [1.54, 1.807) is 23.9 Å². The van der Waals surface area contributed by atoms with Gasteiger partial charge in [0.2, 0.25) is 11.8 Å². The SMILES string of the molecule is CCC(C)[C@@H](CN(CC(=O)N[C@@H](CCSC)C(=O)OC)Cc1cccc2ccccc12)NC(=O)CSCc1ccc([N+](=O)[O-])cc1. The third kappa shape index (κ3) is 11.6. The normalized spacial score (nSPS) is 13.2. The van der Waals surface area contributed by atoms with Crippen molar-refractivity contribution < 1.29 is 24.0 Å². The lowest BCUT2D eigenvalue weighted by atomic mass is 9.97. The van der Waals surface area contributed by atoms with Gasteiger partial charge in [0.05, 0.1) is 24.3 Å². The van der Waals surface area contributed by atoms with Crippen molar-refractivity contribution in [3.63, 3.8) is 0 Å². The quantitative estimate of drug-likeness (QED) is 0.0976. The zero-order chi connectivity index (χ0) is 33.5. The average Bonchev–Trinajstić information content (AvgIpc) is 3.05. The second-order valence-corrected chi connectivity index (χ2v) is 13.2. The topological polar surface area (TPSA) is 131 Å². The van der Waals surface area contributed by atoms with Crippen LogP contribution in [0.1, 0.15) is 37.8 Å². The standard InChI is InChI=1S/C34H44N4O6S2/c1-5-24(2)31(36-33(40)23-46-22-25-13-15-28(16-14-25)38(42)43)20-37(19-27-11-8-10-26-9-6-7-12-29(26)27)21-32(39)35-30(17-18-45-4)34(41)44-3/h6-16,24,30-31H,5,17-23H2,1-4H3,(H,35,39)(H,36,40)/t24?,30-,31+/m0/s1. The Morgan fingerprint density at radius 1 is 1.00 bits per heavy atom. The summed E-state index contributed by atoms with van der Waals surface area (Å²) in [6.45, 7) is 5.09. The zero-order valence-electron chi connectivity index (χ0n) is 26.9. The number of nitrogens with one attached hydrogen (secondary N) is 2. The summed E-state index contributed by atoms with van der Waals surface area (Å²) in [6.07, 6.45) is 3.24. The first-order valence-corrected chi connectivity index (χ1v) is 17.9. The molecule has 2 amide bonds. The highest BCUT2D eigenvalue weighted by atomic mass is 32.2. The molecule has 3 aromatic rings. The fraction of sp³-hybridized carbons (Fsp3) is 0.441. The van der Waals surface area contributed by atoms with Crippen LogP contribution in [0.2, 0.25) is 0 Å². The summed E-state index contributed by atoms with van der Waals surface area (Å²) in [6, 6.07) is 19.6. The molecule has 12 heteroatoms. The van der Waals surface area contributed by atoms with Crippen LogP contribution in [-0.2, 0) is 31.4 Å². The molecule has 3 atom stereocenters. The number of carbonyl (C=O) groups excluding carboxylic acids is 3. The van der Waals surface area contributed by atoms with E-state index in [9.17, 15) is 24.5 Å². The number of thioether (sulfide) groups is 2. The van der Waals surface area contributed by atoms with Crippen LogP contribution < -0.4 is 10.6 Å². The van der Waals surface area contributed by atoms with E-state index in [1.807, 2.05) is 29.4 Å². The number of ether oxygens (including phenoxy) is 1. The van der Waals surface area contributed by atoms with Gasteiger partial charge in [-0.15, -0.1) is 11.8 Å². The molecular weight excluding hydrogens is 625 g/mol. The van der Waals surface area contributed by atoms with Crippen molar-refractivity contribution >= 4 is 57.8 Å². The third-order valence-electron chi connectivity index (χ3n) is 7.85. The molecular formula is C34H44N4O6S2. The lowest BCUT2D eigenvalue weighted by Gasteiger charge is -2.31. The number of non-ortho nitro benzene ring substituents is 1. The Hall–Kier alpha value is -3.61. The molecule has 248 valence electrons. The van der Waals surface area contributed by atoms with Gasteiger partial charge in [-0.3, -0.25) is 24.6 Å². The van der Waals surface area contributed by atoms with E-state index in [0.29, 0.717) is 31.0 Å². The summed E-state index contributed by atoms with van der Waals surface area (Å²) < 4.78 is 4.94. The minimum absolute atomic E-state index is 0.0328. The number of methoxy groups -OCH3 is 1. The summed E-state index contributed by atoms with van der Waals surface area (Å²) >= 11 is 3.03. The number of hydrogen-bond acceptors (Lipinski definition) is 9. The van der Waals surface area contributed by atoms with E-state index in [2.05, 4.69) is 48.7 Å². The number of nitro groups is 1. The molecule has 0 saturated heterocycles. The molecule has 0 aliphatic rings. The number of hydrogen-bond donors (Lipinski definition) is 2. The molecule has 3 rings (SSSR count). The Morgan fingerprint density at radius 2 is 1.72 bits per heavy atom. The molecule has 2 N–H and O–H groups in total. The minimum atomic E-state index is -0.734. The highest BCUT2D eigenvalue weighted by Crippen LogP contribution is 2.22. The van der Waals surface area contributed by atoms with Crippen LogP contribution >= 0.6 is 23.5 Å². The average molecular weight is 669 g/mol. The Labute approximate surface area is 279 Å². The van der Waals surface area contributed by atoms with E-state index in [-0.39, 0.29) is 41.8 Å². The number of fused-ring (bicyclic) bond motifs is 1. The molecule has 46 heavy (non-hydrogen) atoms. The monoisotopic (exact) mass is 668 g/mol. The van der Waals surface area contributed by atoms with E-state index in [1.165, 1.54) is 31.0 Å². The Morgan fingerprint density at radius 3 is 2.39 bits per heavy atom. The molecule has 10 nitrogen and oxygen atoms in total. The molecule has 0 heterocycles. The third-order valence-corrected chi connectivity index (χ3v) is 9.50. The number of benzene rings is 3. The predicted molar refractivity (Wildman–Crippen MR) is 187 cm³/mol. The van der Waals surface area contributed by atoms with Crippen molar-refractivity contribution in [1.29, 1.82) is 0 Å². The van der Waals surface area contributed by atoms with Crippen LogP contribution in [0.25, 0.3) is 10.8 Å². The highest BCUT2D eigenvalue weighted by Gasteiger charge is 2.26. The molecule has 0 radical (unpaired) electrons. The highest BCUT2D eigenvalue weighted by molar-refractivity contribution is 7.99. The van der Waals surface area contributed by atoms with Gasteiger partial charge >= 0.3 is 5.97 Å². The summed E-state index contributed by atoms with van der Waals surface area (Å²) in [5, 5.41) is 19.2. The lowest BCUT2D eigenvalue weighted by Crippen LogP contribution is -2.51. The van der Waals surface area contributed by atoms with Gasteiger partial charge in [-0.1, -0.05) is 74.9 Å². The van der Waals surface area contributed by atoms with Gasteiger partial charge in [-0.2, -0.15) is 11.8 Å². The number of nitrogens with zero attached hydrogens (tertiary/aromatic N) is 2. The number of rotatable bonds is 19. The van der Waals surface area contributed by atoms with Gasteiger partial charge in [0.15, 0.2) is 0 Å². The first-order chi connectivity index (χ1) is 22.1. The smallest absolute Gasteiger partial charge is 0.328 e. The van der Waals surface area contributed by atoms with Crippen molar-refractivity contribution in [2.45, 2.75) is 51.1 Å². The van der Waals surface area contributed by atoms with Crippen LogP contribution in [0.5, 0.6) is 0 Å². The number of esters is 1. The maximum atomic E-state index is 13.4. The van der Waals surface area contributed by atoms with Crippen molar-refractivity contribution in [3.8, 4) is 0 Å². The van der Waals surface area contributed by atoms with Gasteiger partial charge in [-0.25, -0.2) is 4.79 Å². The van der Waals surface area contributed by atoms with Crippen LogP contribution in [0.4, 0.5) is 5.69 Å². The fourth-order valence-electron chi connectivity index (χ4n) is 5.08. The molecule has 0 spiro atoms.